The molecule has 0 unspecified atom stereocenters. The molecule has 0 radical (unpaired) electrons. The highest BCUT2D eigenvalue weighted by molar-refractivity contribution is 5.96. The topological polar surface area (TPSA) is 42.8 Å². The van der Waals surface area contributed by atoms with Gasteiger partial charge in [0.25, 0.3) is 5.91 Å². The van der Waals surface area contributed by atoms with E-state index in [-0.39, 0.29) is 24.2 Å². The Balaban J connectivity index is 1.69. The Hall–Kier alpha value is -1.91. The summed E-state index contributed by atoms with van der Waals surface area (Å²) < 4.78 is 5.76. The standard InChI is InChI=1S/C19H24N2O2/c1-13-11-21(12-14(2)23-13)15(3)19(22)20-18-9-8-16-6-4-5-7-17(16)10-18/h4-10,13-15H,11-12H2,1-3H3,(H,20,22)/p+1/t13-,14-,15+/m1/s1. The largest absolute Gasteiger partial charge is 0.364 e. The summed E-state index contributed by atoms with van der Waals surface area (Å²) in [6, 6.07) is 14.1. The summed E-state index contributed by atoms with van der Waals surface area (Å²) in [7, 11) is 0. The number of fused-ring (bicyclic) bond motifs is 1. The normalized spacial score (nSPS) is 26.0. The molecule has 2 aromatic carbocycles. The van der Waals surface area contributed by atoms with Crippen LogP contribution in [0.2, 0.25) is 0 Å². The summed E-state index contributed by atoms with van der Waals surface area (Å²) in [4.78, 5) is 13.9. The first kappa shape index (κ1) is 16.0. The van der Waals surface area contributed by atoms with Gasteiger partial charge >= 0.3 is 0 Å². The maximum Gasteiger partial charge on any atom is 0.282 e. The van der Waals surface area contributed by atoms with E-state index in [1.54, 1.807) is 0 Å². The number of amides is 1. The van der Waals surface area contributed by atoms with Crippen molar-refractivity contribution in [1.82, 2.24) is 0 Å². The molecule has 3 atom stereocenters. The molecule has 4 heteroatoms. The van der Waals surface area contributed by atoms with Gasteiger partial charge in [-0.05, 0) is 43.7 Å². The minimum Gasteiger partial charge on any atom is -0.364 e. The number of benzene rings is 2. The van der Waals surface area contributed by atoms with Crippen LogP contribution in [-0.2, 0) is 9.53 Å². The Kier molecular flexibility index (Phi) is 4.64. The average molecular weight is 313 g/mol. The molecule has 1 aliphatic heterocycles. The Morgan fingerprint density at radius 1 is 1.13 bits per heavy atom. The van der Waals surface area contributed by atoms with Gasteiger partial charge in [0.15, 0.2) is 6.04 Å². The molecule has 1 amide bonds. The van der Waals surface area contributed by atoms with Crippen molar-refractivity contribution in [2.24, 2.45) is 0 Å². The molecule has 0 spiro atoms. The van der Waals surface area contributed by atoms with Crippen LogP contribution in [0.4, 0.5) is 5.69 Å². The first-order valence-electron chi connectivity index (χ1n) is 8.32. The molecular weight excluding hydrogens is 288 g/mol. The summed E-state index contributed by atoms with van der Waals surface area (Å²) in [5.41, 5.74) is 0.856. The van der Waals surface area contributed by atoms with Gasteiger partial charge in [-0.2, -0.15) is 0 Å². The Labute approximate surface area is 137 Å². The van der Waals surface area contributed by atoms with Crippen LogP contribution in [0.1, 0.15) is 20.8 Å². The number of hydrogen-bond acceptors (Lipinski definition) is 2. The molecule has 1 aliphatic rings. The van der Waals surface area contributed by atoms with Gasteiger partial charge in [-0.25, -0.2) is 0 Å². The number of ether oxygens (including phenoxy) is 1. The van der Waals surface area contributed by atoms with Gasteiger partial charge in [-0.3, -0.25) is 4.79 Å². The van der Waals surface area contributed by atoms with E-state index in [4.69, 9.17) is 4.74 Å². The van der Waals surface area contributed by atoms with Crippen LogP contribution in [0.3, 0.4) is 0 Å². The molecule has 0 aliphatic carbocycles. The van der Waals surface area contributed by atoms with E-state index in [9.17, 15) is 4.79 Å². The van der Waals surface area contributed by atoms with Crippen LogP contribution < -0.4 is 10.2 Å². The highest BCUT2D eigenvalue weighted by Crippen LogP contribution is 2.18. The van der Waals surface area contributed by atoms with E-state index in [1.807, 2.05) is 37.3 Å². The lowest BCUT2D eigenvalue weighted by molar-refractivity contribution is -0.928. The zero-order valence-corrected chi connectivity index (χ0v) is 14.0. The van der Waals surface area contributed by atoms with Gasteiger partial charge in [0.05, 0.1) is 0 Å². The minimum absolute atomic E-state index is 0.0663. The first-order valence-corrected chi connectivity index (χ1v) is 8.32. The lowest BCUT2D eigenvalue weighted by Gasteiger charge is -2.35. The predicted molar refractivity (Wildman–Crippen MR) is 92.7 cm³/mol. The van der Waals surface area contributed by atoms with Crippen LogP contribution in [0.5, 0.6) is 0 Å². The molecule has 122 valence electrons. The summed E-state index contributed by atoms with van der Waals surface area (Å²) in [6.07, 6.45) is 0.398. The number of morpholine rings is 1. The Bertz CT molecular complexity index is 691. The van der Waals surface area contributed by atoms with Crippen molar-refractivity contribution in [3.63, 3.8) is 0 Å². The van der Waals surface area contributed by atoms with Crippen LogP contribution in [0.25, 0.3) is 10.8 Å². The average Bonchev–Trinajstić information content (AvgIpc) is 2.53. The summed E-state index contributed by atoms with van der Waals surface area (Å²) in [6.45, 7) is 7.89. The molecule has 2 aromatic rings. The zero-order valence-electron chi connectivity index (χ0n) is 14.0. The third-order valence-corrected chi connectivity index (χ3v) is 4.59. The van der Waals surface area contributed by atoms with Crippen LogP contribution in [0, 0.1) is 0 Å². The van der Waals surface area contributed by atoms with Gasteiger partial charge in [0.1, 0.15) is 25.3 Å². The van der Waals surface area contributed by atoms with Crippen molar-refractivity contribution >= 4 is 22.4 Å². The number of carbonyl (C=O) groups is 1. The van der Waals surface area contributed by atoms with E-state index < -0.39 is 0 Å². The molecule has 3 rings (SSSR count). The molecule has 0 aromatic heterocycles. The highest BCUT2D eigenvalue weighted by atomic mass is 16.5. The number of hydrogen-bond donors (Lipinski definition) is 2. The molecule has 4 nitrogen and oxygen atoms in total. The fourth-order valence-corrected chi connectivity index (χ4v) is 3.37. The van der Waals surface area contributed by atoms with E-state index in [0.717, 1.165) is 24.2 Å². The second-order valence-corrected chi connectivity index (χ2v) is 6.60. The molecule has 0 saturated carbocycles. The summed E-state index contributed by atoms with van der Waals surface area (Å²) in [5.74, 6) is 0.0663. The van der Waals surface area contributed by atoms with Crippen molar-refractivity contribution in [2.75, 3.05) is 18.4 Å². The molecule has 1 saturated heterocycles. The van der Waals surface area contributed by atoms with Gasteiger partial charge in [0.2, 0.25) is 0 Å². The maximum absolute atomic E-state index is 12.6. The summed E-state index contributed by atoms with van der Waals surface area (Å²) >= 11 is 0. The SMILES string of the molecule is C[C@@H]1C[NH+]([C@@H](C)C(=O)Nc2ccc3ccccc3c2)C[C@@H](C)O1. The third kappa shape index (κ3) is 3.71. The molecule has 1 heterocycles. The molecule has 0 bridgehead atoms. The number of anilines is 1. The lowest BCUT2D eigenvalue weighted by atomic mass is 10.1. The molecule has 1 fully saturated rings. The lowest BCUT2D eigenvalue weighted by Crippen LogP contribution is -3.19. The minimum atomic E-state index is -0.0877. The van der Waals surface area contributed by atoms with E-state index >= 15 is 0 Å². The van der Waals surface area contributed by atoms with E-state index in [1.165, 1.54) is 10.3 Å². The maximum atomic E-state index is 12.6. The van der Waals surface area contributed by atoms with Gasteiger partial charge in [-0.1, -0.05) is 30.3 Å². The number of quaternary nitrogens is 1. The number of rotatable bonds is 3. The van der Waals surface area contributed by atoms with Crippen LogP contribution in [-0.4, -0.2) is 37.2 Å². The van der Waals surface area contributed by atoms with Gasteiger partial charge in [0, 0.05) is 5.69 Å². The Morgan fingerprint density at radius 2 is 1.78 bits per heavy atom. The predicted octanol–water partition coefficient (Wildman–Crippen LogP) is 1.86. The molecule has 23 heavy (non-hydrogen) atoms. The van der Waals surface area contributed by atoms with Crippen molar-refractivity contribution < 1.29 is 14.4 Å². The smallest absolute Gasteiger partial charge is 0.282 e. The highest BCUT2D eigenvalue weighted by Gasteiger charge is 2.32. The van der Waals surface area contributed by atoms with Crippen LogP contribution in [0.15, 0.2) is 42.5 Å². The van der Waals surface area contributed by atoms with Gasteiger partial charge in [-0.15, -0.1) is 0 Å². The van der Waals surface area contributed by atoms with Crippen molar-refractivity contribution in [3.8, 4) is 0 Å². The van der Waals surface area contributed by atoms with Crippen molar-refractivity contribution in [2.45, 2.75) is 39.0 Å². The monoisotopic (exact) mass is 313 g/mol. The second-order valence-electron chi connectivity index (χ2n) is 6.60. The quantitative estimate of drug-likeness (QED) is 0.908. The second kappa shape index (κ2) is 6.69. The van der Waals surface area contributed by atoms with Crippen molar-refractivity contribution in [3.05, 3.63) is 42.5 Å². The number of carbonyl (C=O) groups excluding carboxylic acids is 1. The number of nitrogens with one attached hydrogen (secondary N) is 2. The van der Waals surface area contributed by atoms with Crippen molar-refractivity contribution in [1.29, 1.82) is 0 Å². The van der Waals surface area contributed by atoms with E-state index in [2.05, 4.69) is 31.3 Å². The summed E-state index contributed by atoms with van der Waals surface area (Å²) in [5, 5.41) is 5.38. The third-order valence-electron chi connectivity index (χ3n) is 4.59. The fraction of sp³-hybridized carbons (Fsp3) is 0.421. The fourth-order valence-electron chi connectivity index (χ4n) is 3.37. The van der Waals surface area contributed by atoms with E-state index in [0.29, 0.717) is 0 Å². The Morgan fingerprint density at radius 3 is 2.48 bits per heavy atom. The molecule has 2 N–H and O–H groups in total. The molecular formula is C19H25N2O2+. The van der Waals surface area contributed by atoms with Gasteiger partial charge < -0.3 is 15.0 Å². The van der Waals surface area contributed by atoms with Crippen LogP contribution >= 0.6 is 0 Å². The zero-order chi connectivity index (χ0) is 16.4. The first-order chi connectivity index (χ1) is 11.0.